The van der Waals surface area contributed by atoms with Crippen molar-refractivity contribution in [1.29, 1.82) is 0 Å². The summed E-state index contributed by atoms with van der Waals surface area (Å²) in [4.78, 5) is 23.1. The number of ketones is 1. The number of carbonyl (C=O) groups excluding carboxylic acids is 2. The van der Waals surface area contributed by atoms with Crippen LogP contribution >= 0.6 is 0 Å². The Labute approximate surface area is 111 Å². The summed E-state index contributed by atoms with van der Waals surface area (Å²) in [5, 5.41) is 0. The summed E-state index contributed by atoms with van der Waals surface area (Å²) in [6.07, 6.45) is 0.447. The highest BCUT2D eigenvalue weighted by molar-refractivity contribution is 6.02. The first-order chi connectivity index (χ1) is 8.97. The SMILES string of the molecule is CCOC(=O)C(N)C(=O)CCc1c(N)cccc1N. The van der Waals surface area contributed by atoms with E-state index in [0.717, 1.165) is 0 Å². The highest BCUT2D eigenvalue weighted by Gasteiger charge is 2.23. The Morgan fingerprint density at radius 1 is 1.26 bits per heavy atom. The molecule has 0 amide bonds. The van der Waals surface area contributed by atoms with Crippen molar-refractivity contribution in [2.45, 2.75) is 25.8 Å². The van der Waals surface area contributed by atoms with E-state index in [-0.39, 0.29) is 18.8 Å². The molecule has 1 rings (SSSR count). The number of nitrogens with two attached hydrogens (primary N) is 3. The standard InChI is InChI=1S/C13H19N3O3/c1-2-19-13(18)12(16)11(17)7-6-8-9(14)4-3-5-10(8)15/h3-5,12H,2,6-7,14-16H2,1H3. The lowest BCUT2D eigenvalue weighted by molar-refractivity contribution is -0.147. The van der Waals surface area contributed by atoms with Gasteiger partial charge >= 0.3 is 5.97 Å². The van der Waals surface area contributed by atoms with Crippen LogP contribution in [0.2, 0.25) is 0 Å². The molecule has 19 heavy (non-hydrogen) atoms. The number of benzene rings is 1. The molecule has 1 unspecified atom stereocenters. The van der Waals surface area contributed by atoms with Gasteiger partial charge in [-0.2, -0.15) is 0 Å². The van der Waals surface area contributed by atoms with Gasteiger partial charge in [0.15, 0.2) is 11.8 Å². The third kappa shape index (κ3) is 3.96. The summed E-state index contributed by atoms with van der Waals surface area (Å²) >= 11 is 0. The van der Waals surface area contributed by atoms with Crippen LogP contribution in [-0.4, -0.2) is 24.4 Å². The fourth-order valence-electron chi connectivity index (χ4n) is 1.68. The van der Waals surface area contributed by atoms with Crippen LogP contribution in [0.25, 0.3) is 0 Å². The first kappa shape index (κ1) is 15.0. The van der Waals surface area contributed by atoms with Gasteiger partial charge in [0.1, 0.15) is 0 Å². The second-order valence-corrected chi connectivity index (χ2v) is 4.11. The highest BCUT2D eigenvalue weighted by atomic mass is 16.5. The van der Waals surface area contributed by atoms with E-state index >= 15 is 0 Å². The molecule has 0 saturated heterocycles. The van der Waals surface area contributed by atoms with E-state index in [4.69, 9.17) is 21.9 Å². The molecule has 0 heterocycles. The zero-order chi connectivity index (χ0) is 14.4. The maximum absolute atomic E-state index is 11.7. The number of carbonyl (C=O) groups is 2. The average molecular weight is 265 g/mol. The van der Waals surface area contributed by atoms with E-state index < -0.39 is 12.0 Å². The third-order valence-electron chi connectivity index (χ3n) is 2.76. The molecular weight excluding hydrogens is 246 g/mol. The first-order valence-electron chi connectivity index (χ1n) is 6.05. The number of esters is 1. The first-order valence-corrected chi connectivity index (χ1v) is 6.05. The molecule has 0 aliphatic rings. The maximum atomic E-state index is 11.7. The molecule has 6 heteroatoms. The highest BCUT2D eigenvalue weighted by Crippen LogP contribution is 2.20. The minimum absolute atomic E-state index is 0.0956. The monoisotopic (exact) mass is 265 g/mol. The van der Waals surface area contributed by atoms with E-state index in [9.17, 15) is 9.59 Å². The number of anilines is 2. The van der Waals surface area contributed by atoms with Crippen molar-refractivity contribution in [2.75, 3.05) is 18.1 Å². The van der Waals surface area contributed by atoms with Crippen molar-refractivity contribution in [1.82, 2.24) is 0 Å². The minimum Gasteiger partial charge on any atom is -0.464 e. The molecule has 0 aromatic heterocycles. The molecule has 0 aliphatic carbocycles. The van der Waals surface area contributed by atoms with Crippen LogP contribution in [0.15, 0.2) is 18.2 Å². The lowest BCUT2D eigenvalue weighted by atomic mass is 10.0. The molecule has 0 saturated carbocycles. The van der Waals surface area contributed by atoms with Crippen molar-refractivity contribution < 1.29 is 14.3 Å². The molecule has 1 atom stereocenters. The van der Waals surface area contributed by atoms with Gasteiger partial charge in [-0.05, 0) is 31.0 Å². The van der Waals surface area contributed by atoms with Gasteiger partial charge in [0.25, 0.3) is 0 Å². The minimum atomic E-state index is -1.24. The summed E-state index contributed by atoms with van der Waals surface area (Å²) < 4.78 is 4.69. The largest absolute Gasteiger partial charge is 0.464 e. The average Bonchev–Trinajstić information content (AvgIpc) is 2.37. The van der Waals surface area contributed by atoms with E-state index in [2.05, 4.69) is 0 Å². The topological polar surface area (TPSA) is 121 Å². The van der Waals surface area contributed by atoms with Crippen molar-refractivity contribution in [3.05, 3.63) is 23.8 Å². The van der Waals surface area contributed by atoms with Gasteiger partial charge in [-0.25, -0.2) is 4.79 Å². The second-order valence-electron chi connectivity index (χ2n) is 4.11. The van der Waals surface area contributed by atoms with E-state index in [1.54, 1.807) is 25.1 Å². The van der Waals surface area contributed by atoms with Crippen molar-refractivity contribution in [3.8, 4) is 0 Å². The Kier molecular flexibility index (Phi) is 5.32. The Morgan fingerprint density at radius 3 is 2.37 bits per heavy atom. The van der Waals surface area contributed by atoms with Crippen LogP contribution in [0.3, 0.4) is 0 Å². The summed E-state index contributed by atoms with van der Waals surface area (Å²) in [5.74, 6) is -1.09. The number of Topliss-reactive ketones (excluding diaryl/α,β-unsaturated/α-hetero) is 1. The van der Waals surface area contributed by atoms with Gasteiger partial charge in [0.2, 0.25) is 0 Å². The quantitative estimate of drug-likeness (QED) is 0.385. The number of ether oxygens (including phenoxy) is 1. The number of rotatable bonds is 6. The van der Waals surface area contributed by atoms with E-state index in [1.807, 2.05) is 0 Å². The Bertz CT molecular complexity index is 454. The summed E-state index contributed by atoms with van der Waals surface area (Å²) in [6, 6.07) is 3.91. The molecule has 0 fully saturated rings. The van der Waals surface area contributed by atoms with E-state index in [1.165, 1.54) is 0 Å². The smallest absolute Gasteiger partial charge is 0.330 e. The Hall–Kier alpha value is -2.08. The molecule has 0 spiro atoms. The van der Waals surface area contributed by atoms with E-state index in [0.29, 0.717) is 23.4 Å². The predicted octanol–water partition coefficient (Wildman–Crippen LogP) is 0.243. The zero-order valence-electron chi connectivity index (χ0n) is 10.9. The van der Waals surface area contributed by atoms with Crippen LogP contribution in [0, 0.1) is 0 Å². The van der Waals surface area contributed by atoms with Crippen molar-refractivity contribution >= 4 is 23.1 Å². The van der Waals surface area contributed by atoms with Crippen molar-refractivity contribution in [3.63, 3.8) is 0 Å². The lowest BCUT2D eigenvalue weighted by Gasteiger charge is -2.11. The summed E-state index contributed by atoms with van der Waals surface area (Å²) in [6.45, 7) is 1.85. The number of hydrogen-bond acceptors (Lipinski definition) is 6. The Morgan fingerprint density at radius 2 is 1.84 bits per heavy atom. The molecule has 0 radical (unpaired) electrons. The van der Waals surface area contributed by atoms with Crippen molar-refractivity contribution in [2.24, 2.45) is 5.73 Å². The third-order valence-corrected chi connectivity index (χ3v) is 2.76. The van der Waals surface area contributed by atoms with Gasteiger partial charge in [-0.15, -0.1) is 0 Å². The van der Waals surface area contributed by atoms with Crippen LogP contribution in [0.1, 0.15) is 18.9 Å². The van der Waals surface area contributed by atoms with Crippen LogP contribution < -0.4 is 17.2 Å². The van der Waals surface area contributed by atoms with Crippen LogP contribution in [0.5, 0.6) is 0 Å². The molecule has 1 aromatic rings. The molecule has 0 aliphatic heterocycles. The normalized spacial score (nSPS) is 11.9. The maximum Gasteiger partial charge on any atom is 0.330 e. The lowest BCUT2D eigenvalue weighted by Crippen LogP contribution is -2.40. The molecule has 6 N–H and O–H groups in total. The summed E-state index contributed by atoms with van der Waals surface area (Å²) in [7, 11) is 0. The molecule has 104 valence electrons. The zero-order valence-corrected chi connectivity index (χ0v) is 10.9. The number of nitrogen functional groups attached to an aromatic ring is 2. The predicted molar refractivity (Wildman–Crippen MR) is 73.2 cm³/mol. The van der Waals surface area contributed by atoms with Gasteiger partial charge in [-0.3, -0.25) is 4.79 Å². The molecule has 0 bridgehead atoms. The Balaban J connectivity index is 2.62. The second kappa shape index (κ2) is 6.75. The molecular formula is C13H19N3O3. The molecule has 1 aromatic carbocycles. The fraction of sp³-hybridized carbons (Fsp3) is 0.385. The fourth-order valence-corrected chi connectivity index (χ4v) is 1.68. The van der Waals surface area contributed by atoms with Crippen LogP contribution in [-0.2, 0) is 20.7 Å². The summed E-state index contributed by atoms with van der Waals surface area (Å²) in [5.41, 5.74) is 18.8. The van der Waals surface area contributed by atoms with Crippen LogP contribution in [0.4, 0.5) is 11.4 Å². The number of hydrogen-bond donors (Lipinski definition) is 3. The van der Waals surface area contributed by atoms with Gasteiger partial charge in [0, 0.05) is 17.8 Å². The van der Waals surface area contributed by atoms with Gasteiger partial charge < -0.3 is 21.9 Å². The van der Waals surface area contributed by atoms with Gasteiger partial charge in [-0.1, -0.05) is 6.07 Å². The molecule has 6 nitrogen and oxygen atoms in total. The van der Waals surface area contributed by atoms with Gasteiger partial charge in [0.05, 0.1) is 6.61 Å².